The fourth-order valence-electron chi connectivity index (χ4n) is 3.44. The van der Waals surface area contributed by atoms with Crippen molar-refractivity contribution in [3.8, 4) is 11.4 Å². The van der Waals surface area contributed by atoms with Gasteiger partial charge in [-0.1, -0.05) is 18.6 Å². The van der Waals surface area contributed by atoms with E-state index in [0.29, 0.717) is 29.0 Å². The van der Waals surface area contributed by atoms with Crippen molar-refractivity contribution >= 4 is 38.7 Å². The van der Waals surface area contributed by atoms with E-state index in [0.717, 1.165) is 22.0 Å². The molecule has 2 aliphatic rings. The van der Waals surface area contributed by atoms with Crippen molar-refractivity contribution in [1.82, 2.24) is 15.0 Å². The lowest BCUT2D eigenvalue weighted by Gasteiger charge is -2.10. The second-order valence-corrected chi connectivity index (χ2v) is 7.48. The molecule has 0 aromatic carbocycles. The Morgan fingerprint density at radius 3 is 2.85 bits per heavy atom. The molecule has 0 bridgehead atoms. The van der Waals surface area contributed by atoms with E-state index in [2.05, 4.69) is 43.9 Å². The standard InChI is InChI=1S/C10H7BrN4O.C8H11NO/c11-6-3-13-10-8(7(6)12)14-9(15-10)5-1-2-16-4-5;1-4-6-2-5(6)3-7(4)8(9)10/h1-4H,(H3,12,13,14,15);2,4-5,7H,3H2,1H3,(H2,9,10)/t;4-,5+,7+/m.0/s1. The van der Waals surface area contributed by atoms with Crippen molar-refractivity contribution < 1.29 is 9.21 Å². The van der Waals surface area contributed by atoms with Gasteiger partial charge < -0.3 is 20.9 Å². The number of rotatable bonds is 2. The number of hydrogen-bond donors (Lipinski definition) is 3. The topological polar surface area (TPSA) is 124 Å². The van der Waals surface area contributed by atoms with E-state index in [-0.39, 0.29) is 11.8 Å². The number of allylic oxidation sites excluding steroid dienone is 2. The predicted octanol–water partition coefficient (Wildman–Crippen LogP) is 3.25. The summed E-state index contributed by atoms with van der Waals surface area (Å²) in [5, 5.41) is 0. The molecule has 26 heavy (non-hydrogen) atoms. The zero-order chi connectivity index (χ0) is 18.4. The van der Waals surface area contributed by atoms with E-state index in [1.54, 1.807) is 18.7 Å². The number of fused-ring (bicyclic) bond motifs is 2. The van der Waals surface area contributed by atoms with E-state index < -0.39 is 0 Å². The van der Waals surface area contributed by atoms with Gasteiger partial charge in [0.15, 0.2) is 5.65 Å². The Balaban J connectivity index is 0.000000144. The Morgan fingerprint density at radius 2 is 2.27 bits per heavy atom. The molecule has 5 N–H and O–H groups in total. The molecule has 3 atom stereocenters. The number of furan rings is 1. The van der Waals surface area contributed by atoms with Crippen LogP contribution in [0.25, 0.3) is 22.6 Å². The molecule has 1 fully saturated rings. The van der Waals surface area contributed by atoms with Crippen LogP contribution in [-0.4, -0.2) is 20.9 Å². The molecule has 0 aliphatic heterocycles. The molecule has 0 spiro atoms. The Kier molecular flexibility index (Phi) is 4.07. The normalized spacial score (nSPS) is 23.2. The van der Waals surface area contributed by atoms with Crippen LogP contribution < -0.4 is 11.5 Å². The smallest absolute Gasteiger partial charge is 0.221 e. The number of anilines is 1. The first-order valence-corrected chi connectivity index (χ1v) is 9.08. The van der Waals surface area contributed by atoms with Crippen LogP contribution in [0.5, 0.6) is 0 Å². The number of nitrogens with two attached hydrogens (primary N) is 2. The number of pyridine rings is 1. The molecule has 8 heteroatoms. The molecule has 3 heterocycles. The van der Waals surface area contributed by atoms with Crippen LogP contribution >= 0.6 is 15.9 Å². The largest absolute Gasteiger partial charge is 0.472 e. The third kappa shape index (κ3) is 2.90. The Labute approximate surface area is 158 Å². The van der Waals surface area contributed by atoms with E-state index >= 15 is 0 Å². The van der Waals surface area contributed by atoms with Gasteiger partial charge in [-0.05, 0) is 40.3 Å². The Hall–Kier alpha value is -2.61. The lowest BCUT2D eigenvalue weighted by atomic mass is 9.95. The lowest BCUT2D eigenvalue weighted by molar-refractivity contribution is -0.122. The van der Waals surface area contributed by atoms with Crippen molar-refractivity contribution in [2.24, 2.45) is 23.5 Å². The quantitative estimate of drug-likeness (QED) is 0.554. The highest BCUT2D eigenvalue weighted by molar-refractivity contribution is 9.10. The summed E-state index contributed by atoms with van der Waals surface area (Å²) < 4.78 is 5.75. The molecule has 5 rings (SSSR count). The number of aromatic nitrogens is 3. The monoisotopic (exact) mass is 415 g/mol. The van der Waals surface area contributed by atoms with Crippen LogP contribution in [0.3, 0.4) is 0 Å². The van der Waals surface area contributed by atoms with Crippen LogP contribution in [0.2, 0.25) is 0 Å². The third-order valence-corrected chi connectivity index (χ3v) is 5.65. The number of carbonyl (C=O) groups is 1. The molecular weight excluding hydrogens is 398 g/mol. The number of nitrogens with zero attached hydrogens (tertiary/aromatic N) is 2. The molecule has 134 valence electrons. The number of hydrogen-bond acceptors (Lipinski definition) is 5. The van der Waals surface area contributed by atoms with E-state index in [9.17, 15) is 4.79 Å². The highest BCUT2D eigenvalue weighted by atomic mass is 79.9. The van der Waals surface area contributed by atoms with E-state index in [1.165, 1.54) is 5.57 Å². The van der Waals surface area contributed by atoms with Gasteiger partial charge in [-0.15, -0.1) is 0 Å². The maximum atomic E-state index is 10.8. The van der Waals surface area contributed by atoms with Gasteiger partial charge in [0.05, 0.1) is 22.0 Å². The first-order valence-electron chi connectivity index (χ1n) is 8.29. The molecule has 0 unspecified atom stereocenters. The summed E-state index contributed by atoms with van der Waals surface area (Å²) >= 11 is 3.32. The maximum Gasteiger partial charge on any atom is 0.221 e. The van der Waals surface area contributed by atoms with Gasteiger partial charge in [0, 0.05) is 12.1 Å². The van der Waals surface area contributed by atoms with Crippen LogP contribution in [-0.2, 0) is 4.79 Å². The molecule has 0 radical (unpaired) electrons. The fraction of sp³-hybridized carbons (Fsp3) is 0.278. The number of nitrogens with one attached hydrogen (secondary N) is 1. The molecule has 3 aromatic rings. The minimum Gasteiger partial charge on any atom is -0.472 e. The van der Waals surface area contributed by atoms with Gasteiger partial charge in [-0.3, -0.25) is 4.79 Å². The van der Waals surface area contributed by atoms with Gasteiger partial charge in [0.25, 0.3) is 0 Å². The summed E-state index contributed by atoms with van der Waals surface area (Å²) in [5.74, 6) is 1.78. The minimum absolute atomic E-state index is 0.124. The summed E-state index contributed by atoms with van der Waals surface area (Å²) in [4.78, 5) is 22.4. The summed E-state index contributed by atoms with van der Waals surface area (Å²) in [6.07, 6.45) is 8.06. The maximum absolute atomic E-state index is 10.8. The number of nitrogen functional groups attached to an aromatic ring is 1. The van der Waals surface area contributed by atoms with Crippen molar-refractivity contribution in [2.45, 2.75) is 13.3 Å². The molecule has 1 saturated carbocycles. The van der Waals surface area contributed by atoms with Crippen molar-refractivity contribution in [2.75, 3.05) is 5.73 Å². The van der Waals surface area contributed by atoms with Crippen molar-refractivity contribution in [3.05, 3.63) is 40.9 Å². The average molecular weight is 416 g/mol. The van der Waals surface area contributed by atoms with Gasteiger partial charge in [0.2, 0.25) is 5.91 Å². The zero-order valence-corrected chi connectivity index (χ0v) is 15.7. The van der Waals surface area contributed by atoms with Gasteiger partial charge in [-0.2, -0.15) is 0 Å². The first-order chi connectivity index (χ1) is 12.5. The Morgan fingerprint density at radius 1 is 1.46 bits per heavy atom. The molecule has 3 aromatic heterocycles. The summed E-state index contributed by atoms with van der Waals surface area (Å²) in [7, 11) is 0. The van der Waals surface area contributed by atoms with Gasteiger partial charge in [0.1, 0.15) is 17.6 Å². The summed E-state index contributed by atoms with van der Waals surface area (Å²) in [5.41, 5.74) is 15.4. The number of amides is 1. The SMILES string of the molecule is C[C@H]1C2=C[C@@H]2C[C@H]1C(N)=O.Nc1c(Br)cnc2nc(-c3ccoc3)[nH]c12. The fourth-order valence-corrected chi connectivity index (χ4v) is 3.74. The molecule has 0 saturated heterocycles. The molecular formula is C18H18BrN5O2. The molecule has 2 aliphatic carbocycles. The van der Waals surface area contributed by atoms with Crippen molar-refractivity contribution in [1.29, 1.82) is 0 Å². The summed E-state index contributed by atoms with van der Waals surface area (Å²) in [6.45, 7) is 2.09. The van der Waals surface area contributed by atoms with Crippen LogP contribution in [0.4, 0.5) is 5.69 Å². The number of H-pyrrole nitrogens is 1. The Bertz CT molecular complexity index is 1010. The zero-order valence-electron chi connectivity index (χ0n) is 14.1. The first kappa shape index (κ1) is 16.8. The third-order valence-electron chi connectivity index (χ3n) is 5.02. The van der Waals surface area contributed by atoms with Crippen LogP contribution in [0.15, 0.2) is 45.3 Å². The number of primary amides is 1. The van der Waals surface area contributed by atoms with E-state index in [4.69, 9.17) is 15.9 Å². The average Bonchev–Trinajstić information content (AvgIpc) is 2.98. The van der Waals surface area contributed by atoms with Crippen molar-refractivity contribution in [3.63, 3.8) is 0 Å². The number of carbonyl (C=O) groups excluding carboxylic acids is 1. The number of imidazole rings is 1. The second-order valence-electron chi connectivity index (χ2n) is 6.62. The second kappa shape index (κ2) is 6.28. The molecule has 1 amide bonds. The predicted molar refractivity (Wildman–Crippen MR) is 102 cm³/mol. The summed E-state index contributed by atoms with van der Waals surface area (Å²) in [6, 6.07) is 1.82. The molecule has 7 nitrogen and oxygen atoms in total. The van der Waals surface area contributed by atoms with Gasteiger partial charge in [-0.25, -0.2) is 9.97 Å². The van der Waals surface area contributed by atoms with E-state index in [1.807, 2.05) is 6.07 Å². The number of aromatic amines is 1. The highest BCUT2D eigenvalue weighted by Crippen LogP contribution is 2.51. The van der Waals surface area contributed by atoms with Crippen LogP contribution in [0.1, 0.15) is 13.3 Å². The number of halogens is 1. The highest BCUT2D eigenvalue weighted by Gasteiger charge is 2.44. The van der Waals surface area contributed by atoms with Crippen LogP contribution in [0, 0.1) is 17.8 Å². The van der Waals surface area contributed by atoms with Gasteiger partial charge >= 0.3 is 0 Å². The minimum atomic E-state index is -0.124. The lowest BCUT2D eigenvalue weighted by Crippen LogP contribution is -2.25.